The minimum absolute atomic E-state index is 0.156. The van der Waals surface area contributed by atoms with Crippen LogP contribution >= 0.6 is 11.6 Å². The van der Waals surface area contributed by atoms with Crippen molar-refractivity contribution >= 4 is 29.2 Å². The molecule has 0 aromatic heterocycles. The summed E-state index contributed by atoms with van der Waals surface area (Å²) in [5.74, 6) is -0.421. The van der Waals surface area contributed by atoms with Crippen LogP contribution in [-0.2, 0) is 33.0 Å². The fourth-order valence-electron chi connectivity index (χ4n) is 5.73. The molecule has 5 rings (SSSR count). The lowest BCUT2D eigenvalue weighted by atomic mass is 9.89. The first-order valence-corrected chi connectivity index (χ1v) is 14.8. The number of aryl methyl sites for hydroxylation is 1. The molecule has 8 heteroatoms. The predicted molar refractivity (Wildman–Crippen MR) is 156 cm³/mol. The molecule has 40 heavy (non-hydrogen) atoms. The van der Waals surface area contributed by atoms with E-state index in [-0.39, 0.29) is 18.4 Å². The largest absolute Gasteiger partial charge is 0.487 e. The van der Waals surface area contributed by atoms with E-state index in [0.29, 0.717) is 24.5 Å². The maximum absolute atomic E-state index is 13.5. The quantitative estimate of drug-likeness (QED) is 0.380. The van der Waals surface area contributed by atoms with Crippen molar-refractivity contribution in [2.75, 3.05) is 31.6 Å². The van der Waals surface area contributed by atoms with E-state index in [0.717, 1.165) is 80.7 Å². The molecule has 2 aromatic rings. The molecule has 0 radical (unpaired) electrons. The summed E-state index contributed by atoms with van der Waals surface area (Å²) in [4.78, 5) is 30.7. The summed E-state index contributed by atoms with van der Waals surface area (Å²) < 4.78 is 11.5. The lowest BCUT2D eigenvalue weighted by Gasteiger charge is -2.31. The Morgan fingerprint density at radius 1 is 1.05 bits per heavy atom. The maximum atomic E-state index is 13.5. The molecular weight excluding hydrogens is 528 g/mol. The van der Waals surface area contributed by atoms with E-state index in [2.05, 4.69) is 11.0 Å². The number of carbonyl (C=O) groups is 2. The fraction of sp³-hybridized carbons (Fsp3) is 0.500. The Labute approximate surface area is 241 Å². The summed E-state index contributed by atoms with van der Waals surface area (Å²) in [6, 6.07) is 11.4. The molecule has 1 amide bonds. The zero-order valence-corrected chi connectivity index (χ0v) is 24.0. The smallest absolute Gasteiger partial charge is 0.343 e. The number of esters is 1. The van der Waals surface area contributed by atoms with Crippen LogP contribution in [0.15, 0.2) is 48.6 Å². The summed E-state index contributed by atoms with van der Waals surface area (Å²) in [6.45, 7) is 2.48. The van der Waals surface area contributed by atoms with Crippen molar-refractivity contribution in [3.63, 3.8) is 0 Å². The minimum Gasteiger partial charge on any atom is -0.487 e. The van der Waals surface area contributed by atoms with Crippen LogP contribution < -0.4 is 9.64 Å². The van der Waals surface area contributed by atoms with Crippen LogP contribution in [0, 0.1) is 0 Å². The second-order valence-corrected chi connectivity index (χ2v) is 11.5. The van der Waals surface area contributed by atoms with E-state index < -0.39 is 11.6 Å². The number of amides is 1. The Hall–Kier alpha value is -3.03. The molecule has 1 atom stereocenters. The first-order valence-electron chi connectivity index (χ1n) is 14.4. The number of nitrogens with zero attached hydrogens (tertiary/aromatic N) is 2. The number of hydrogen-bond donors (Lipinski definition) is 1. The summed E-state index contributed by atoms with van der Waals surface area (Å²) in [7, 11) is 1.24. The highest BCUT2D eigenvalue weighted by molar-refractivity contribution is 6.30. The van der Waals surface area contributed by atoms with Crippen molar-refractivity contribution in [1.29, 1.82) is 0 Å². The van der Waals surface area contributed by atoms with Gasteiger partial charge in [-0.15, -0.1) is 0 Å². The second kappa shape index (κ2) is 12.6. The minimum atomic E-state index is -2.11. The van der Waals surface area contributed by atoms with Gasteiger partial charge in [0.2, 0.25) is 5.91 Å². The van der Waals surface area contributed by atoms with Gasteiger partial charge in [0.05, 0.1) is 19.2 Å². The van der Waals surface area contributed by atoms with Crippen LogP contribution in [-0.4, -0.2) is 54.7 Å². The van der Waals surface area contributed by atoms with Crippen LogP contribution in [0.5, 0.6) is 5.75 Å². The molecule has 2 aliphatic heterocycles. The molecule has 2 aromatic carbocycles. The Bertz CT molecular complexity index is 1260. The van der Waals surface area contributed by atoms with Crippen molar-refractivity contribution in [2.24, 2.45) is 0 Å². The highest BCUT2D eigenvalue weighted by Gasteiger charge is 2.45. The van der Waals surface area contributed by atoms with Gasteiger partial charge in [-0.2, -0.15) is 0 Å². The van der Waals surface area contributed by atoms with Crippen LogP contribution in [0.1, 0.15) is 68.1 Å². The number of aliphatic hydroxyl groups is 1. The van der Waals surface area contributed by atoms with E-state index in [1.54, 1.807) is 11.0 Å². The van der Waals surface area contributed by atoms with Gasteiger partial charge in [-0.1, -0.05) is 35.9 Å². The Balaban J connectivity index is 1.55. The molecule has 1 fully saturated rings. The number of anilines is 1. The number of allylic oxidation sites excluding steroid dienone is 1. The third-order valence-corrected chi connectivity index (χ3v) is 8.44. The number of fused-ring (bicyclic) bond motifs is 2. The van der Waals surface area contributed by atoms with Gasteiger partial charge < -0.3 is 24.4 Å². The van der Waals surface area contributed by atoms with E-state index in [1.807, 2.05) is 36.4 Å². The first kappa shape index (κ1) is 28.5. The van der Waals surface area contributed by atoms with Gasteiger partial charge in [0, 0.05) is 30.7 Å². The van der Waals surface area contributed by atoms with Crippen LogP contribution in [0.4, 0.5) is 5.69 Å². The average molecular weight is 567 g/mol. The van der Waals surface area contributed by atoms with Gasteiger partial charge in [-0.3, -0.25) is 4.79 Å². The molecule has 2 heterocycles. The number of methoxy groups -OCH3 is 1. The normalized spacial score (nSPS) is 23.5. The van der Waals surface area contributed by atoms with Crippen LogP contribution in [0.25, 0.3) is 0 Å². The maximum Gasteiger partial charge on any atom is 0.343 e. The average Bonchev–Trinajstić information content (AvgIpc) is 3.79. The lowest BCUT2D eigenvalue weighted by Crippen LogP contribution is -2.44. The van der Waals surface area contributed by atoms with E-state index in [4.69, 9.17) is 21.1 Å². The molecule has 214 valence electrons. The van der Waals surface area contributed by atoms with Gasteiger partial charge in [0.15, 0.2) is 5.60 Å². The number of benzene rings is 2. The number of rotatable bonds is 2. The molecule has 3 aliphatic rings. The molecular formula is C32H39ClN2O5. The Morgan fingerprint density at radius 2 is 1.85 bits per heavy atom. The SMILES string of the molecule is COC(=O)[C@@]1(O)CC(=O)N(C2CC2)C/C=C/CCCCN2CCCCc3cc(Cl)ccc3COc3ccc1cc32. The third kappa shape index (κ3) is 6.47. The summed E-state index contributed by atoms with van der Waals surface area (Å²) in [5, 5.41) is 12.6. The predicted octanol–water partition coefficient (Wildman–Crippen LogP) is 5.54. The summed E-state index contributed by atoms with van der Waals surface area (Å²) >= 11 is 6.30. The fourth-order valence-corrected chi connectivity index (χ4v) is 5.93. The van der Waals surface area contributed by atoms with Crippen molar-refractivity contribution in [2.45, 2.75) is 76.0 Å². The standard InChI is InChI=1S/C32H39ClN2O5/c1-39-31(37)32(38)21-30(36)35(27-13-14-27)18-7-4-2-3-6-16-34-17-8-5-9-23-19-26(33)12-10-24(23)22-40-29-15-11-25(32)20-28(29)34/h4,7,10-12,15,19-20,27,38H,2-3,5-6,8-9,13-14,16-18,21-22H2,1H3/b7-4+/t32-/m1/s1. The zero-order chi connectivity index (χ0) is 28.1. The van der Waals surface area contributed by atoms with Gasteiger partial charge in [-0.05, 0) is 92.3 Å². The molecule has 1 N–H and O–H groups in total. The highest BCUT2D eigenvalue weighted by Crippen LogP contribution is 2.38. The lowest BCUT2D eigenvalue weighted by molar-refractivity contribution is -0.168. The number of carbonyl (C=O) groups excluding carboxylic acids is 2. The molecule has 2 bridgehead atoms. The first-order chi connectivity index (χ1) is 19.4. The zero-order valence-electron chi connectivity index (χ0n) is 23.2. The van der Waals surface area contributed by atoms with Gasteiger partial charge in [0.25, 0.3) is 0 Å². The van der Waals surface area contributed by atoms with Gasteiger partial charge in [-0.25, -0.2) is 4.79 Å². The van der Waals surface area contributed by atoms with E-state index >= 15 is 0 Å². The number of ether oxygens (including phenoxy) is 2. The second-order valence-electron chi connectivity index (χ2n) is 11.1. The summed E-state index contributed by atoms with van der Waals surface area (Å²) in [6.07, 6.45) is 11.5. The molecule has 0 unspecified atom stereocenters. The van der Waals surface area contributed by atoms with E-state index in [9.17, 15) is 14.7 Å². The topological polar surface area (TPSA) is 79.3 Å². The van der Waals surface area contributed by atoms with Crippen molar-refractivity contribution in [3.8, 4) is 5.75 Å². The molecule has 0 spiro atoms. The van der Waals surface area contributed by atoms with E-state index in [1.165, 1.54) is 12.7 Å². The van der Waals surface area contributed by atoms with Crippen LogP contribution in [0.2, 0.25) is 5.02 Å². The Morgan fingerprint density at radius 3 is 2.62 bits per heavy atom. The van der Waals surface area contributed by atoms with Gasteiger partial charge in [0.1, 0.15) is 12.4 Å². The third-order valence-electron chi connectivity index (χ3n) is 8.21. The highest BCUT2D eigenvalue weighted by atomic mass is 35.5. The number of hydrogen-bond acceptors (Lipinski definition) is 6. The molecule has 1 saturated carbocycles. The molecule has 1 aliphatic carbocycles. The van der Waals surface area contributed by atoms with Gasteiger partial charge >= 0.3 is 5.97 Å². The van der Waals surface area contributed by atoms with Crippen LogP contribution in [0.3, 0.4) is 0 Å². The van der Waals surface area contributed by atoms with Crippen molar-refractivity contribution in [3.05, 3.63) is 70.3 Å². The monoisotopic (exact) mass is 566 g/mol. The number of halogens is 1. The molecule has 7 nitrogen and oxygen atoms in total. The van der Waals surface area contributed by atoms with Crippen molar-refractivity contribution < 1.29 is 24.2 Å². The summed E-state index contributed by atoms with van der Waals surface area (Å²) in [5.41, 5.74) is 1.32. The van der Waals surface area contributed by atoms with Crippen molar-refractivity contribution in [1.82, 2.24) is 4.90 Å². The molecule has 0 saturated heterocycles. The Kier molecular flexibility index (Phi) is 9.01.